The van der Waals surface area contributed by atoms with E-state index in [4.69, 9.17) is 4.74 Å². The summed E-state index contributed by atoms with van der Waals surface area (Å²) in [5.74, 6) is -0.0184. The molecule has 0 saturated carbocycles. The van der Waals surface area contributed by atoms with Crippen molar-refractivity contribution < 1.29 is 17.9 Å². The second kappa shape index (κ2) is 11.2. The highest BCUT2D eigenvalue weighted by Gasteiger charge is 2.29. The molecule has 0 unspecified atom stereocenters. The van der Waals surface area contributed by atoms with Crippen LogP contribution < -0.4 is 14.4 Å². The number of amides is 1. The van der Waals surface area contributed by atoms with Crippen molar-refractivity contribution in [3.05, 3.63) is 84.4 Å². The van der Waals surface area contributed by atoms with Crippen molar-refractivity contribution in [2.75, 3.05) is 23.7 Å². The van der Waals surface area contributed by atoms with E-state index < -0.39 is 15.9 Å². The van der Waals surface area contributed by atoms with E-state index in [1.807, 2.05) is 50.4 Å². The highest BCUT2D eigenvalue weighted by atomic mass is 32.2. The number of nitrogens with zero attached hydrogens (tertiary/aromatic N) is 1. The van der Waals surface area contributed by atoms with Crippen LogP contribution in [0.2, 0.25) is 0 Å². The second-order valence-corrected chi connectivity index (χ2v) is 10.0. The topological polar surface area (TPSA) is 75.7 Å². The Labute approximate surface area is 200 Å². The van der Waals surface area contributed by atoms with Gasteiger partial charge in [-0.25, -0.2) is 8.42 Å². The van der Waals surface area contributed by atoms with Gasteiger partial charge < -0.3 is 10.1 Å². The minimum Gasteiger partial charge on any atom is -0.492 e. The van der Waals surface area contributed by atoms with E-state index in [2.05, 4.69) is 5.32 Å². The van der Waals surface area contributed by atoms with Crippen molar-refractivity contribution in [1.82, 2.24) is 5.32 Å². The van der Waals surface area contributed by atoms with Gasteiger partial charge in [-0.05, 0) is 62.1 Å². The molecule has 3 aromatic rings. The van der Waals surface area contributed by atoms with Crippen LogP contribution in [-0.4, -0.2) is 33.7 Å². The minimum atomic E-state index is -4.03. The van der Waals surface area contributed by atoms with Gasteiger partial charge in [0.15, 0.2) is 0 Å². The van der Waals surface area contributed by atoms with Crippen molar-refractivity contribution in [2.45, 2.75) is 29.7 Å². The van der Waals surface area contributed by atoms with E-state index >= 15 is 0 Å². The Morgan fingerprint density at radius 1 is 1.00 bits per heavy atom. The Balaban J connectivity index is 1.96. The molecular formula is C25H28N2O4S2. The summed E-state index contributed by atoms with van der Waals surface area (Å²) in [6.45, 7) is 3.67. The average molecular weight is 485 g/mol. The normalized spacial score (nSPS) is 12.1. The molecule has 0 spiro atoms. The van der Waals surface area contributed by atoms with E-state index in [1.54, 1.807) is 48.5 Å². The van der Waals surface area contributed by atoms with Crippen molar-refractivity contribution >= 4 is 33.4 Å². The monoisotopic (exact) mass is 484 g/mol. The SMILES string of the molecule is CCOc1ccccc1N(CC(=O)N[C@@H](C)c1ccccc1)S(=O)(=O)c1ccc(SC)cc1. The lowest BCUT2D eigenvalue weighted by atomic mass is 10.1. The predicted molar refractivity (Wildman–Crippen MR) is 133 cm³/mol. The molecule has 6 nitrogen and oxygen atoms in total. The summed E-state index contributed by atoms with van der Waals surface area (Å²) in [6, 6.07) is 22.7. The summed E-state index contributed by atoms with van der Waals surface area (Å²) in [5, 5.41) is 2.90. The van der Waals surface area contributed by atoms with Crippen LogP contribution in [0.4, 0.5) is 5.69 Å². The van der Waals surface area contributed by atoms with Gasteiger partial charge in [0.05, 0.1) is 23.2 Å². The summed E-state index contributed by atoms with van der Waals surface area (Å²) >= 11 is 1.52. The Hall–Kier alpha value is -2.97. The Bertz CT molecular complexity index is 1170. The van der Waals surface area contributed by atoms with Crippen LogP contribution in [-0.2, 0) is 14.8 Å². The van der Waals surface area contributed by atoms with Crippen molar-refractivity contribution in [1.29, 1.82) is 0 Å². The molecule has 3 rings (SSSR count). The van der Waals surface area contributed by atoms with E-state index in [1.165, 1.54) is 11.8 Å². The molecule has 0 aliphatic carbocycles. The number of sulfonamides is 1. The van der Waals surface area contributed by atoms with Gasteiger partial charge in [0, 0.05) is 4.90 Å². The fourth-order valence-electron chi connectivity index (χ4n) is 3.36. The molecule has 174 valence electrons. The molecule has 0 aliphatic heterocycles. The van der Waals surface area contributed by atoms with Crippen LogP contribution in [0.3, 0.4) is 0 Å². The molecule has 8 heteroatoms. The number of rotatable bonds is 10. The first-order chi connectivity index (χ1) is 15.9. The molecular weight excluding hydrogens is 456 g/mol. The van der Waals surface area contributed by atoms with Gasteiger partial charge in [0.1, 0.15) is 12.3 Å². The molecule has 0 heterocycles. The molecule has 33 heavy (non-hydrogen) atoms. The fraction of sp³-hybridized carbons (Fsp3) is 0.240. The maximum atomic E-state index is 13.7. The Morgan fingerprint density at radius 2 is 1.64 bits per heavy atom. The van der Waals surface area contributed by atoms with Crippen LogP contribution in [0.1, 0.15) is 25.5 Å². The highest BCUT2D eigenvalue weighted by Crippen LogP contribution is 2.33. The Kier molecular flexibility index (Phi) is 8.41. The maximum absolute atomic E-state index is 13.7. The van der Waals surface area contributed by atoms with Gasteiger partial charge >= 0.3 is 0 Å². The van der Waals surface area contributed by atoms with Crippen LogP contribution in [0, 0.1) is 0 Å². The molecule has 1 atom stereocenters. The lowest BCUT2D eigenvalue weighted by molar-refractivity contribution is -0.120. The van der Waals surface area contributed by atoms with E-state index in [9.17, 15) is 13.2 Å². The zero-order valence-corrected chi connectivity index (χ0v) is 20.5. The first-order valence-corrected chi connectivity index (χ1v) is 13.3. The number of ether oxygens (including phenoxy) is 1. The zero-order chi connectivity index (χ0) is 23.8. The first kappa shape index (κ1) is 24.7. The molecule has 3 aromatic carbocycles. The summed E-state index contributed by atoms with van der Waals surface area (Å²) < 4.78 is 34.1. The van der Waals surface area contributed by atoms with Crippen LogP contribution >= 0.6 is 11.8 Å². The van der Waals surface area contributed by atoms with E-state index in [0.717, 1.165) is 14.8 Å². The smallest absolute Gasteiger partial charge is 0.264 e. The number of anilines is 1. The van der Waals surface area contributed by atoms with Crippen molar-refractivity contribution in [3.8, 4) is 5.75 Å². The zero-order valence-electron chi connectivity index (χ0n) is 18.9. The largest absolute Gasteiger partial charge is 0.492 e. The molecule has 0 saturated heterocycles. The third kappa shape index (κ3) is 6.09. The van der Waals surface area contributed by atoms with Crippen LogP contribution in [0.15, 0.2) is 88.7 Å². The summed E-state index contributed by atoms with van der Waals surface area (Å²) in [5.41, 5.74) is 1.25. The number of thioether (sulfide) groups is 1. The summed E-state index contributed by atoms with van der Waals surface area (Å²) in [7, 11) is -4.03. The minimum absolute atomic E-state index is 0.107. The molecule has 0 fully saturated rings. The third-order valence-electron chi connectivity index (χ3n) is 5.05. The number of nitrogens with one attached hydrogen (secondary N) is 1. The molecule has 1 N–H and O–H groups in total. The maximum Gasteiger partial charge on any atom is 0.264 e. The van der Waals surface area contributed by atoms with E-state index in [-0.39, 0.29) is 17.5 Å². The lowest BCUT2D eigenvalue weighted by Gasteiger charge is -2.26. The fourth-order valence-corrected chi connectivity index (χ4v) is 5.20. The van der Waals surface area contributed by atoms with Gasteiger partial charge in [-0.2, -0.15) is 0 Å². The quantitative estimate of drug-likeness (QED) is 0.415. The Morgan fingerprint density at radius 3 is 2.27 bits per heavy atom. The molecule has 0 bridgehead atoms. The first-order valence-electron chi connectivity index (χ1n) is 10.6. The van der Waals surface area contributed by atoms with E-state index in [0.29, 0.717) is 18.0 Å². The van der Waals surface area contributed by atoms with Gasteiger partial charge in [-0.3, -0.25) is 9.10 Å². The third-order valence-corrected chi connectivity index (χ3v) is 7.56. The van der Waals surface area contributed by atoms with Crippen molar-refractivity contribution in [3.63, 3.8) is 0 Å². The van der Waals surface area contributed by atoms with Crippen LogP contribution in [0.5, 0.6) is 5.75 Å². The number of benzene rings is 3. The molecule has 0 radical (unpaired) electrons. The number of carbonyl (C=O) groups is 1. The summed E-state index contributed by atoms with van der Waals surface area (Å²) in [6.07, 6.45) is 1.92. The molecule has 1 amide bonds. The predicted octanol–water partition coefficient (Wildman–Crippen LogP) is 4.88. The number of para-hydroxylation sites is 2. The van der Waals surface area contributed by atoms with Crippen molar-refractivity contribution in [2.24, 2.45) is 0 Å². The highest BCUT2D eigenvalue weighted by molar-refractivity contribution is 7.98. The van der Waals surface area contributed by atoms with Gasteiger partial charge in [-0.15, -0.1) is 11.8 Å². The lowest BCUT2D eigenvalue weighted by Crippen LogP contribution is -2.41. The van der Waals surface area contributed by atoms with Gasteiger partial charge in [0.2, 0.25) is 5.91 Å². The molecule has 0 aliphatic rings. The van der Waals surface area contributed by atoms with Gasteiger partial charge in [-0.1, -0.05) is 42.5 Å². The number of hydrogen-bond acceptors (Lipinski definition) is 5. The van der Waals surface area contributed by atoms with Gasteiger partial charge in [0.25, 0.3) is 10.0 Å². The number of hydrogen-bond donors (Lipinski definition) is 1. The second-order valence-electron chi connectivity index (χ2n) is 7.29. The molecule has 0 aromatic heterocycles. The van der Waals surface area contributed by atoms with Crippen LogP contribution in [0.25, 0.3) is 0 Å². The average Bonchev–Trinajstić information content (AvgIpc) is 2.83. The standard InChI is InChI=1S/C25H28N2O4S2/c1-4-31-24-13-9-8-12-23(24)27(33(29,30)22-16-14-21(32-3)15-17-22)18-25(28)26-19(2)20-10-6-5-7-11-20/h5-17,19H,4,18H2,1-3H3,(H,26,28)/t19-/m0/s1. The number of carbonyl (C=O) groups excluding carboxylic acids is 1. The summed E-state index contributed by atoms with van der Waals surface area (Å²) in [4.78, 5) is 14.1.